The highest BCUT2D eigenvalue weighted by Gasteiger charge is 2.33. The van der Waals surface area contributed by atoms with E-state index < -0.39 is 16.3 Å². The van der Waals surface area contributed by atoms with E-state index in [0.717, 1.165) is 31.7 Å². The largest absolute Gasteiger partial charge is 0.394 e. The van der Waals surface area contributed by atoms with Crippen LogP contribution < -0.4 is 5.32 Å². The summed E-state index contributed by atoms with van der Waals surface area (Å²) < 4.78 is 13.3. The van der Waals surface area contributed by atoms with Gasteiger partial charge < -0.3 is 10.4 Å². The number of anilines is 1. The first-order valence-electron chi connectivity index (χ1n) is 5.89. The van der Waals surface area contributed by atoms with Crippen molar-refractivity contribution in [3.8, 4) is 0 Å². The molecule has 6 heteroatoms. The van der Waals surface area contributed by atoms with Crippen molar-refractivity contribution in [2.45, 2.75) is 31.2 Å². The van der Waals surface area contributed by atoms with E-state index in [9.17, 15) is 19.6 Å². The fourth-order valence-corrected chi connectivity index (χ4v) is 2.43. The van der Waals surface area contributed by atoms with Crippen molar-refractivity contribution in [3.63, 3.8) is 0 Å². The number of non-ortho nitro benzene ring substituents is 1. The summed E-state index contributed by atoms with van der Waals surface area (Å²) in [6.07, 6.45) is 3.55. The van der Waals surface area contributed by atoms with Crippen LogP contribution in [0.2, 0.25) is 0 Å². The molecule has 1 aromatic carbocycles. The monoisotopic (exact) mass is 254 g/mol. The van der Waals surface area contributed by atoms with Gasteiger partial charge in [-0.3, -0.25) is 10.1 Å². The topological polar surface area (TPSA) is 75.4 Å². The lowest BCUT2D eigenvalue weighted by atomic mass is 9.98. The number of rotatable bonds is 4. The quantitative estimate of drug-likeness (QED) is 0.639. The van der Waals surface area contributed by atoms with Gasteiger partial charge in [-0.1, -0.05) is 12.8 Å². The maximum absolute atomic E-state index is 13.3. The standard InChI is InChI=1S/C12H15FN2O3/c13-9-5-10(7-11(6-9)15(17)18)14-12(8-16)3-1-2-4-12/h5-7,14,16H,1-4,8H2. The number of benzene rings is 1. The van der Waals surface area contributed by atoms with Gasteiger partial charge in [-0.2, -0.15) is 0 Å². The molecule has 0 saturated heterocycles. The lowest BCUT2D eigenvalue weighted by Crippen LogP contribution is -2.39. The van der Waals surface area contributed by atoms with E-state index in [4.69, 9.17) is 0 Å². The Labute approximate surface area is 104 Å². The number of nitro benzene ring substituents is 1. The minimum Gasteiger partial charge on any atom is -0.394 e. The van der Waals surface area contributed by atoms with Gasteiger partial charge in [0.25, 0.3) is 5.69 Å². The highest BCUT2D eigenvalue weighted by molar-refractivity contribution is 5.53. The number of nitro groups is 1. The molecular weight excluding hydrogens is 239 g/mol. The first kappa shape index (κ1) is 12.8. The second-order valence-electron chi connectivity index (χ2n) is 4.73. The molecule has 0 unspecified atom stereocenters. The second-order valence-corrected chi connectivity index (χ2v) is 4.73. The van der Waals surface area contributed by atoms with Crippen molar-refractivity contribution in [1.82, 2.24) is 0 Å². The zero-order valence-corrected chi connectivity index (χ0v) is 9.86. The van der Waals surface area contributed by atoms with Gasteiger partial charge >= 0.3 is 0 Å². The van der Waals surface area contributed by atoms with Crippen molar-refractivity contribution in [2.24, 2.45) is 0 Å². The van der Waals surface area contributed by atoms with Gasteiger partial charge in [0.05, 0.1) is 23.1 Å². The van der Waals surface area contributed by atoms with Crippen molar-refractivity contribution in [2.75, 3.05) is 11.9 Å². The molecule has 0 radical (unpaired) electrons. The van der Waals surface area contributed by atoms with E-state index in [1.807, 2.05) is 0 Å². The maximum Gasteiger partial charge on any atom is 0.274 e. The molecule has 1 aliphatic rings. The number of halogens is 1. The second kappa shape index (κ2) is 4.89. The molecule has 0 aliphatic heterocycles. The lowest BCUT2D eigenvalue weighted by Gasteiger charge is -2.29. The Hall–Kier alpha value is -1.69. The highest BCUT2D eigenvalue weighted by atomic mass is 19.1. The van der Waals surface area contributed by atoms with Crippen molar-refractivity contribution in [1.29, 1.82) is 0 Å². The summed E-state index contributed by atoms with van der Waals surface area (Å²) in [5.74, 6) is -0.655. The predicted octanol–water partition coefficient (Wildman–Crippen LogP) is 2.45. The van der Waals surface area contributed by atoms with E-state index >= 15 is 0 Å². The summed E-state index contributed by atoms with van der Waals surface area (Å²) in [4.78, 5) is 10.0. The minimum absolute atomic E-state index is 0.0582. The summed E-state index contributed by atoms with van der Waals surface area (Å²) in [5.41, 5.74) is -0.414. The Morgan fingerprint density at radius 2 is 2.06 bits per heavy atom. The summed E-state index contributed by atoms with van der Waals surface area (Å²) in [5, 5.41) is 23.1. The molecule has 1 fully saturated rings. The number of nitrogens with zero attached hydrogens (tertiary/aromatic N) is 1. The van der Waals surface area contributed by atoms with Crippen LogP contribution in [-0.4, -0.2) is 22.2 Å². The number of hydrogen-bond acceptors (Lipinski definition) is 4. The Kier molecular flexibility index (Phi) is 3.47. The van der Waals surface area contributed by atoms with Crippen molar-refractivity contribution < 1.29 is 14.4 Å². The summed E-state index contributed by atoms with van der Waals surface area (Å²) >= 11 is 0. The van der Waals surface area contributed by atoms with E-state index in [2.05, 4.69) is 5.32 Å². The third-order valence-electron chi connectivity index (χ3n) is 3.37. The van der Waals surface area contributed by atoms with Gasteiger partial charge in [0.2, 0.25) is 0 Å². The molecule has 18 heavy (non-hydrogen) atoms. The summed E-state index contributed by atoms with van der Waals surface area (Å²) in [7, 11) is 0. The van der Waals surface area contributed by atoms with E-state index in [1.54, 1.807) is 0 Å². The first-order chi connectivity index (χ1) is 8.54. The smallest absolute Gasteiger partial charge is 0.274 e. The summed E-state index contributed by atoms with van der Waals surface area (Å²) in [6.45, 7) is -0.0582. The van der Waals surface area contributed by atoms with Crippen LogP contribution in [0.4, 0.5) is 15.8 Å². The number of aliphatic hydroxyl groups excluding tert-OH is 1. The van der Waals surface area contributed by atoms with Gasteiger partial charge in [0, 0.05) is 11.8 Å². The van der Waals surface area contributed by atoms with Crippen LogP contribution in [0, 0.1) is 15.9 Å². The number of hydrogen-bond donors (Lipinski definition) is 2. The van der Waals surface area contributed by atoms with Crippen LogP contribution in [0.5, 0.6) is 0 Å². The number of nitrogens with one attached hydrogen (secondary N) is 1. The van der Waals surface area contributed by atoms with Crippen molar-refractivity contribution in [3.05, 3.63) is 34.1 Å². The lowest BCUT2D eigenvalue weighted by molar-refractivity contribution is -0.385. The fraction of sp³-hybridized carbons (Fsp3) is 0.500. The molecule has 5 nitrogen and oxygen atoms in total. The van der Waals surface area contributed by atoms with Crippen LogP contribution in [0.3, 0.4) is 0 Å². The Balaban J connectivity index is 2.25. The predicted molar refractivity (Wildman–Crippen MR) is 65.0 cm³/mol. The molecule has 1 saturated carbocycles. The van der Waals surface area contributed by atoms with Crippen LogP contribution >= 0.6 is 0 Å². The molecule has 1 aromatic rings. The van der Waals surface area contributed by atoms with Crippen LogP contribution in [-0.2, 0) is 0 Å². The Bertz CT molecular complexity index is 459. The van der Waals surface area contributed by atoms with Gasteiger partial charge in [-0.25, -0.2) is 4.39 Å². The molecule has 0 spiro atoms. The molecule has 1 aliphatic carbocycles. The fourth-order valence-electron chi connectivity index (χ4n) is 2.43. The SMILES string of the molecule is O=[N+]([O-])c1cc(F)cc(NC2(CO)CCCC2)c1. The normalized spacial score (nSPS) is 17.7. The van der Waals surface area contributed by atoms with E-state index in [0.29, 0.717) is 5.69 Å². The summed E-state index contributed by atoms with van der Waals surface area (Å²) in [6, 6.07) is 3.38. The number of aliphatic hydroxyl groups is 1. The maximum atomic E-state index is 13.3. The molecule has 2 N–H and O–H groups in total. The molecule has 98 valence electrons. The Morgan fingerprint density at radius 3 is 2.61 bits per heavy atom. The molecular formula is C12H15FN2O3. The molecule has 0 heterocycles. The first-order valence-corrected chi connectivity index (χ1v) is 5.89. The van der Waals surface area contributed by atoms with Gasteiger partial charge in [0.1, 0.15) is 5.82 Å². The minimum atomic E-state index is -0.655. The van der Waals surface area contributed by atoms with Gasteiger partial charge in [0.15, 0.2) is 0 Å². The zero-order valence-electron chi connectivity index (χ0n) is 9.86. The third-order valence-corrected chi connectivity index (χ3v) is 3.37. The highest BCUT2D eigenvalue weighted by Crippen LogP contribution is 2.33. The zero-order chi connectivity index (χ0) is 13.2. The molecule has 0 atom stereocenters. The average Bonchev–Trinajstić information content (AvgIpc) is 2.77. The van der Waals surface area contributed by atoms with Gasteiger partial charge in [-0.05, 0) is 18.9 Å². The molecule has 0 aromatic heterocycles. The average molecular weight is 254 g/mol. The third kappa shape index (κ3) is 2.59. The van der Waals surface area contributed by atoms with Gasteiger partial charge in [-0.15, -0.1) is 0 Å². The van der Waals surface area contributed by atoms with Crippen LogP contribution in [0.15, 0.2) is 18.2 Å². The van der Waals surface area contributed by atoms with E-state index in [-0.39, 0.29) is 12.3 Å². The Morgan fingerprint density at radius 1 is 1.39 bits per heavy atom. The van der Waals surface area contributed by atoms with Crippen LogP contribution in [0.25, 0.3) is 0 Å². The molecule has 2 rings (SSSR count). The van der Waals surface area contributed by atoms with Crippen molar-refractivity contribution >= 4 is 11.4 Å². The van der Waals surface area contributed by atoms with E-state index in [1.165, 1.54) is 12.1 Å². The molecule has 0 amide bonds. The van der Waals surface area contributed by atoms with Crippen LogP contribution in [0.1, 0.15) is 25.7 Å². The molecule has 0 bridgehead atoms.